The zero-order chi connectivity index (χ0) is 14.2. The maximum absolute atomic E-state index is 11.6. The van der Waals surface area contributed by atoms with Gasteiger partial charge in [0, 0.05) is 18.5 Å². The molecule has 0 spiro atoms. The van der Waals surface area contributed by atoms with Gasteiger partial charge in [-0.3, -0.25) is 4.79 Å². The van der Waals surface area contributed by atoms with Gasteiger partial charge in [-0.1, -0.05) is 6.92 Å². The van der Waals surface area contributed by atoms with Crippen LogP contribution in [0.15, 0.2) is 0 Å². The predicted molar refractivity (Wildman–Crippen MR) is 82.8 cm³/mol. The summed E-state index contributed by atoms with van der Waals surface area (Å²) in [5, 5.41) is 6.69. The average Bonchev–Trinajstić information content (AvgIpc) is 3.24. The summed E-state index contributed by atoms with van der Waals surface area (Å²) in [6, 6.07) is 1.16. The lowest BCUT2D eigenvalue weighted by molar-refractivity contribution is -0.121. The van der Waals surface area contributed by atoms with Crippen LogP contribution in [0.3, 0.4) is 0 Å². The van der Waals surface area contributed by atoms with E-state index >= 15 is 0 Å². The highest BCUT2D eigenvalue weighted by Crippen LogP contribution is 2.18. The van der Waals surface area contributed by atoms with Gasteiger partial charge in [-0.15, -0.1) is 0 Å². The summed E-state index contributed by atoms with van der Waals surface area (Å²) in [7, 11) is 0. The number of nitrogens with one attached hydrogen (secondary N) is 2. The topological polar surface area (TPSA) is 44.4 Å². The van der Waals surface area contributed by atoms with E-state index in [1.54, 1.807) is 0 Å². The SMILES string of the molecule is CCCN1CCCC(NCCCC(=O)NC2CC2)CC1. The molecule has 1 aliphatic heterocycles. The first-order valence-electron chi connectivity index (χ1n) is 8.53. The van der Waals surface area contributed by atoms with Crippen molar-refractivity contribution in [2.45, 2.75) is 70.4 Å². The Labute approximate surface area is 123 Å². The van der Waals surface area contributed by atoms with Crippen molar-refractivity contribution in [2.75, 3.05) is 26.2 Å². The molecule has 1 aliphatic carbocycles. The quantitative estimate of drug-likeness (QED) is 0.668. The normalized spacial score (nSPS) is 24.4. The first kappa shape index (κ1) is 15.8. The number of hydrogen-bond acceptors (Lipinski definition) is 3. The Bertz CT molecular complexity index is 291. The van der Waals surface area contributed by atoms with Crippen LogP contribution in [-0.2, 0) is 4.79 Å². The Morgan fingerprint density at radius 1 is 1.15 bits per heavy atom. The van der Waals surface area contributed by atoms with Crippen molar-refractivity contribution in [3.05, 3.63) is 0 Å². The molecule has 2 N–H and O–H groups in total. The van der Waals surface area contributed by atoms with Gasteiger partial charge in [0.05, 0.1) is 0 Å². The molecule has 2 rings (SSSR count). The van der Waals surface area contributed by atoms with Gasteiger partial charge >= 0.3 is 0 Å². The van der Waals surface area contributed by atoms with Crippen molar-refractivity contribution in [2.24, 2.45) is 0 Å². The van der Waals surface area contributed by atoms with Gasteiger partial charge in [0.15, 0.2) is 0 Å². The van der Waals surface area contributed by atoms with Crippen molar-refractivity contribution >= 4 is 5.91 Å². The molecule has 2 aliphatic rings. The summed E-state index contributed by atoms with van der Waals surface area (Å²) in [5.74, 6) is 0.240. The molecule has 1 saturated carbocycles. The standard InChI is InChI=1S/C16H31N3O/c1-2-11-19-12-4-5-14(9-13-19)17-10-3-6-16(20)18-15-7-8-15/h14-15,17H,2-13H2,1H3,(H,18,20). The molecule has 4 nitrogen and oxygen atoms in total. The van der Waals surface area contributed by atoms with Gasteiger partial charge in [0.2, 0.25) is 5.91 Å². The second-order valence-corrected chi connectivity index (χ2v) is 6.37. The molecule has 1 saturated heterocycles. The van der Waals surface area contributed by atoms with Crippen LogP contribution in [0, 0.1) is 0 Å². The maximum Gasteiger partial charge on any atom is 0.220 e. The summed E-state index contributed by atoms with van der Waals surface area (Å²) >= 11 is 0. The first-order valence-corrected chi connectivity index (χ1v) is 8.53. The minimum Gasteiger partial charge on any atom is -0.353 e. The molecule has 1 atom stereocenters. The number of rotatable bonds is 8. The van der Waals surface area contributed by atoms with E-state index in [1.807, 2.05) is 0 Å². The summed E-state index contributed by atoms with van der Waals surface area (Å²) < 4.78 is 0. The Hall–Kier alpha value is -0.610. The second-order valence-electron chi connectivity index (χ2n) is 6.37. The third-order valence-electron chi connectivity index (χ3n) is 4.32. The minimum absolute atomic E-state index is 0.240. The van der Waals surface area contributed by atoms with Gasteiger partial charge in [-0.05, 0) is 71.1 Å². The van der Waals surface area contributed by atoms with Crippen LogP contribution in [-0.4, -0.2) is 49.1 Å². The van der Waals surface area contributed by atoms with E-state index in [2.05, 4.69) is 22.5 Å². The number of nitrogens with zero attached hydrogens (tertiary/aromatic N) is 1. The van der Waals surface area contributed by atoms with Crippen molar-refractivity contribution in [1.82, 2.24) is 15.5 Å². The number of hydrogen-bond donors (Lipinski definition) is 2. The van der Waals surface area contributed by atoms with Gasteiger partial charge in [-0.25, -0.2) is 0 Å². The number of likely N-dealkylation sites (tertiary alicyclic amines) is 1. The smallest absolute Gasteiger partial charge is 0.220 e. The summed E-state index contributed by atoms with van der Waals surface area (Å²) in [4.78, 5) is 14.2. The lowest BCUT2D eigenvalue weighted by Crippen LogP contribution is -2.33. The number of carbonyl (C=O) groups is 1. The third-order valence-corrected chi connectivity index (χ3v) is 4.32. The zero-order valence-electron chi connectivity index (χ0n) is 13.0. The average molecular weight is 281 g/mol. The van der Waals surface area contributed by atoms with Gasteiger partial charge in [-0.2, -0.15) is 0 Å². The second kappa shape index (κ2) is 8.63. The molecule has 0 aromatic heterocycles. The number of amides is 1. The summed E-state index contributed by atoms with van der Waals surface area (Å²) in [6.45, 7) is 6.97. The van der Waals surface area contributed by atoms with Crippen LogP contribution in [0.25, 0.3) is 0 Å². The fourth-order valence-electron chi connectivity index (χ4n) is 2.98. The highest BCUT2D eigenvalue weighted by Gasteiger charge is 2.22. The van der Waals surface area contributed by atoms with E-state index < -0.39 is 0 Å². The van der Waals surface area contributed by atoms with E-state index in [-0.39, 0.29) is 5.91 Å². The van der Waals surface area contributed by atoms with Gasteiger partial charge in [0.25, 0.3) is 0 Å². The number of carbonyl (C=O) groups excluding carboxylic acids is 1. The van der Waals surface area contributed by atoms with Crippen LogP contribution in [0.1, 0.15) is 58.3 Å². The zero-order valence-corrected chi connectivity index (χ0v) is 13.0. The Balaban J connectivity index is 1.51. The molecular formula is C16H31N3O. The molecular weight excluding hydrogens is 250 g/mol. The minimum atomic E-state index is 0.240. The lowest BCUT2D eigenvalue weighted by Gasteiger charge is -2.19. The van der Waals surface area contributed by atoms with E-state index in [0.717, 1.165) is 13.0 Å². The Morgan fingerprint density at radius 2 is 2.00 bits per heavy atom. The lowest BCUT2D eigenvalue weighted by atomic mass is 10.1. The molecule has 116 valence electrons. The maximum atomic E-state index is 11.6. The fraction of sp³-hybridized carbons (Fsp3) is 0.938. The van der Waals surface area contributed by atoms with Crippen LogP contribution in [0.4, 0.5) is 0 Å². The monoisotopic (exact) mass is 281 g/mol. The van der Waals surface area contributed by atoms with Crippen LogP contribution in [0.5, 0.6) is 0 Å². The van der Waals surface area contributed by atoms with E-state index in [4.69, 9.17) is 0 Å². The summed E-state index contributed by atoms with van der Waals surface area (Å²) in [6.07, 6.45) is 9.11. The van der Waals surface area contributed by atoms with Gasteiger partial charge < -0.3 is 15.5 Å². The van der Waals surface area contributed by atoms with Crippen molar-refractivity contribution < 1.29 is 4.79 Å². The molecule has 20 heavy (non-hydrogen) atoms. The van der Waals surface area contributed by atoms with Crippen molar-refractivity contribution in [3.8, 4) is 0 Å². The van der Waals surface area contributed by atoms with Crippen LogP contribution >= 0.6 is 0 Å². The highest BCUT2D eigenvalue weighted by molar-refractivity contribution is 5.76. The van der Waals surface area contributed by atoms with E-state index in [0.29, 0.717) is 18.5 Å². The molecule has 0 bridgehead atoms. The molecule has 0 aromatic rings. The highest BCUT2D eigenvalue weighted by atomic mass is 16.1. The molecule has 1 unspecified atom stereocenters. The first-order chi connectivity index (χ1) is 9.78. The third kappa shape index (κ3) is 6.23. The fourth-order valence-corrected chi connectivity index (χ4v) is 2.98. The van der Waals surface area contributed by atoms with Crippen LogP contribution in [0.2, 0.25) is 0 Å². The summed E-state index contributed by atoms with van der Waals surface area (Å²) in [5.41, 5.74) is 0. The largest absolute Gasteiger partial charge is 0.353 e. The predicted octanol–water partition coefficient (Wildman–Crippen LogP) is 1.90. The van der Waals surface area contributed by atoms with E-state index in [1.165, 1.54) is 58.2 Å². The van der Waals surface area contributed by atoms with Crippen molar-refractivity contribution in [3.63, 3.8) is 0 Å². The Morgan fingerprint density at radius 3 is 2.75 bits per heavy atom. The van der Waals surface area contributed by atoms with Crippen LogP contribution < -0.4 is 10.6 Å². The molecule has 0 aromatic carbocycles. The molecule has 0 radical (unpaired) electrons. The molecule has 2 fully saturated rings. The van der Waals surface area contributed by atoms with Crippen molar-refractivity contribution in [1.29, 1.82) is 0 Å². The van der Waals surface area contributed by atoms with Gasteiger partial charge in [0.1, 0.15) is 0 Å². The Kier molecular flexibility index (Phi) is 6.80. The molecule has 1 amide bonds. The molecule has 1 heterocycles. The van der Waals surface area contributed by atoms with E-state index in [9.17, 15) is 4.79 Å². The molecule has 4 heteroatoms.